The molecule has 0 aliphatic carbocycles. The fourth-order valence-corrected chi connectivity index (χ4v) is 1.70. The Morgan fingerprint density at radius 3 is 2.59 bits per heavy atom. The topological polar surface area (TPSA) is 93.6 Å². The molecule has 17 heavy (non-hydrogen) atoms. The highest BCUT2D eigenvalue weighted by atomic mass is 35.5. The summed E-state index contributed by atoms with van der Waals surface area (Å²) in [5, 5.41) is 20.1. The van der Waals surface area contributed by atoms with Gasteiger partial charge >= 0.3 is 11.3 Å². The highest BCUT2D eigenvalue weighted by molar-refractivity contribution is 6.44. The molecule has 6 nitrogen and oxygen atoms in total. The van der Waals surface area contributed by atoms with Crippen molar-refractivity contribution in [3.05, 3.63) is 42.7 Å². The SMILES string of the molecule is O=c1oc2c(Cl)c(Cl)ccc2c(O)c1[N+](=O)[O-]. The second-order valence-electron chi connectivity index (χ2n) is 3.08. The van der Waals surface area contributed by atoms with E-state index < -0.39 is 22.0 Å². The Labute approximate surface area is 103 Å². The summed E-state index contributed by atoms with van der Waals surface area (Å²) in [4.78, 5) is 20.8. The Hall–Kier alpha value is -1.79. The van der Waals surface area contributed by atoms with Crippen LogP contribution < -0.4 is 5.63 Å². The van der Waals surface area contributed by atoms with E-state index in [0.29, 0.717) is 0 Å². The van der Waals surface area contributed by atoms with Crippen molar-refractivity contribution >= 4 is 39.9 Å². The third-order valence-corrected chi connectivity index (χ3v) is 2.89. The number of nitrogens with zero attached hydrogens (tertiary/aromatic N) is 1. The molecule has 1 heterocycles. The zero-order chi connectivity index (χ0) is 12.7. The van der Waals surface area contributed by atoms with Crippen LogP contribution in [0.5, 0.6) is 5.75 Å². The van der Waals surface area contributed by atoms with Crippen LogP contribution in [-0.4, -0.2) is 10.0 Å². The molecule has 0 saturated heterocycles. The molecule has 1 aromatic heterocycles. The van der Waals surface area contributed by atoms with Crippen LogP contribution in [-0.2, 0) is 0 Å². The smallest absolute Gasteiger partial charge is 0.419 e. The van der Waals surface area contributed by atoms with Crippen molar-refractivity contribution < 1.29 is 14.4 Å². The fourth-order valence-electron chi connectivity index (χ4n) is 1.34. The van der Waals surface area contributed by atoms with Crippen molar-refractivity contribution in [1.29, 1.82) is 0 Å². The second-order valence-corrected chi connectivity index (χ2v) is 3.87. The Bertz CT molecular complexity index is 694. The number of benzene rings is 1. The molecule has 1 aromatic carbocycles. The van der Waals surface area contributed by atoms with Gasteiger partial charge in [-0.15, -0.1) is 0 Å². The fraction of sp³-hybridized carbons (Fsp3) is 0. The van der Waals surface area contributed by atoms with Crippen molar-refractivity contribution in [1.82, 2.24) is 0 Å². The summed E-state index contributed by atoms with van der Waals surface area (Å²) in [6.45, 7) is 0. The van der Waals surface area contributed by atoms with E-state index in [1.165, 1.54) is 12.1 Å². The quantitative estimate of drug-likeness (QED) is 0.491. The van der Waals surface area contributed by atoms with Gasteiger partial charge in [-0.25, -0.2) is 4.79 Å². The Kier molecular flexibility index (Phi) is 2.68. The van der Waals surface area contributed by atoms with Crippen LogP contribution in [0.1, 0.15) is 0 Å². The minimum absolute atomic E-state index is 0.0503. The Morgan fingerprint density at radius 2 is 2.00 bits per heavy atom. The van der Waals surface area contributed by atoms with Crippen LogP contribution in [0.25, 0.3) is 11.0 Å². The van der Waals surface area contributed by atoms with Crippen LogP contribution in [0.4, 0.5) is 5.69 Å². The standard InChI is InChI=1S/C9H3Cl2NO5/c10-4-2-1-3-7(13)6(12(15)16)9(14)17-8(3)5(4)11/h1-2,13H. The molecule has 88 valence electrons. The molecule has 0 unspecified atom stereocenters. The number of hydrogen-bond acceptors (Lipinski definition) is 5. The monoisotopic (exact) mass is 275 g/mol. The maximum absolute atomic E-state index is 11.3. The zero-order valence-electron chi connectivity index (χ0n) is 7.94. The summed E-state index contributed by atoms with van der Waals surface area (Å²) in [5.41, 5.74) is -2.51. The Balaban J connectivity index is 3.01. The van der Waals surface area contributed by atoms with Gasteiger partial charge in [-0.2, -0.15) is 0 Å². The van der Waals surface area contributed by atoms with Gasteiger partial charge in [-0.1, -0.05) is 23.2 Å². The summed E-state index contributed by atoms with van der Waals surface area (Å²) in [5.74, 6) is -0.792. The van der Waals surface area contributed by atoms with Gasteiger partial charge in [0.1, 0.15) is 5.02 Å². The predicted octanol–water partition coefficient (Wildman–Crippen LogP) is 2.71. The molecular weight excluding hydrogens is 273 g/mol. The van der Waals surface area contributed by atoms with Crippen LogP contribution in [0.2, 0.25) is 10.0 Å². The van der Waals surface area contributed by atoms with Crippen LogP contribution in [0, 0.1) is 10.1 Å². The van der Waals surface area contributed by atoms with Gasteiger partial charge in [-0.05, 0) is 12.1 Å². The van der Waals surface area contributed by atoms with Gasteiger partial charge in [0, 0.05) is 0 Å². The van der Waals surface area contributed by atoms with E-state index in [1.54, 1.807) is 0 Å². The van der Waals surface area contributed by atoms with E-state index >= 15 is 0 Å². The lowest BCUT2D eigenvalue weighted by Gasteiger charge is -2.03. The average Bonchev–Trinajstić information content (AvgIpc) is 2.23. The molecule has 0 aliphatic heterocycles. The van der Waals surface area contributed by atoms with Gasteiger partial charge in [0.05, 0.1) is 15.3 Å². The molecule has 0 atom stereocenters. The normalized spacial score (nSPS) is 10.7. The second kappa shape index (κ2) is 3.90. The van der Waals surface area contributed by atoms with Crippen molar-refractivity contribution in [3.8, 4) is 5.75 Å². The van der Waals surface area contributed by atoms with Crippen molar-refractivity contribution in [2.45, 2.75) is 0 Å². The van der Waals surface area contributed by atoms with Gasteiger partial charge in [0.25, 0.3) is 0 Å². The van der Waals surface area contributed by atoms with E-state index in [2.05, 4.69) is 4.42 Å². The van der Waals surface area contributed by atoms with E-state index in [0.717, 1.165) is 0 Å². The lowest BCUT2D eigenvalue weighted by atomic mass is 10.2. The van der Waals surface area contributed by atoms with Crippen molar-refractivity contribution in [3.63, 3.8) is 0 Å². The van der Waals surface area contributed by atoms with Gasteiger partial charge in [0.15, 0.2) is 5.58 Å². The van der Waals surface area contributed by atoms with Gasteiger partial charge < -0.3 is 9.52 Å². The summed E-state index contributed by atoms with van der Waals surface area (Å²) < 4.78 is 4.67. The molecule has 1 N–H and O–H groups in total. The van der Waals surface area contributed by atoms with Gasteiger partial charge in [-0.3, -0.25) is 10.1 Å². The first-order valence-electron chi connectivity index (χ1n) is 4.21. The van der Waals surface area contributed by atoms with E-state index in [4.69, 9.17) is 23.2 Å². The summed E-state index contributed by atoms with van der Waals surface area (Å²) in [6.07, 6.45) is 0. The largest absolute Gasteiger partial charge is 0.501 e. The number of aromatic hydroxyl groups is 1. The third-order valence-electron chi connectivity index (χ3n) is 2.10. The highest BCUT2D eigenvalue weighted by Gasteiger charge is 2.25. The molecule has 0 aliphatic rings. The van der Waals surface area contributed by atoms with E-state index in [9.17, 15) is 20.0 Å². The lowest BCUT2D eigenvalue weighted by Crippen LogP contribution is -2.07. The first-order valence-corrected chi connectivity index (χ1v) is 4.97. The summed E-state index contributed by atoms with van der Waals surface area (Å²) in [7, 11) is 0. The average molecular weight is 276 g/mol. The van der Waals surface area contributed by atoms with Crippen LogP contribution >= 0.6 is 23.2 Å². The van der Waals surface area contributed by atoms with Gasteiger partial charge in [0.2, 0.25) is 5.75 Å². The zero-order valence-corrected chi connectivity index (χ0v) is 9.45. The number of halogens is 2. The molecule has 8 heteroatoms. The first-order chi connectivity index (χ1) is 7.93. The molecular formula is C9H3Cl2NO5. The van der Waals surface area contributed by atoms with Crippen LogP contribution in [0.3, 0.4) is 0 Å². The molecule has 0 radical (unpaired) electrons. The summed E-state index contributed by atoms with van der Waals surface area (Å²) in [6, 6.07) is 2.60. The predicted molar refractivity (Wildman–Crippen MR) is 60.8 cm³/mol. The summed E-state index contributed by atoms with van der Waals surface area (Å²) >= 11 is 11.4. The molecule has 2 aromatic rings. The molecule has 0 bridgehead atoms. The minimum atomic E-state index is -1.29. The molecule has 2 rings (SSSR count). The number of rotatable bonds is 1. The molecule has 0 saturated carbocycles. The van der Waals surface area contributed by atoms with E-state index in [-0.39, 0.29) is 21.0 Å². The van der Waals surface area contributed by atoms with E-state index in [1.807, 2.05) is 0 Å². The molecule has 0 spiro atoms. The number of fused-ring (bicyclic) bond motifs is 1. The number of nitro groups is 1. The maximum Gasteiger partial charge on any atom is 0.419 e. The first kappa shape index (κ1) is 11.7. The molecule has 0 amide bonds. The lowest BCUT2D eigenvalue weighted by molar-refractivity contribution is -0.388. The van der Waals surface area contributed by atoms with Crippen molar-refractivity contribution in [2.24, 2.45) is 0 Å². The third kappa shape index (κ3) is 1.71. The minimum Gasteiger partial charge on any atom is -0.501 e. The highest BCUT2D eigenvalue weighted by Crippen LogP contribution is 2.37. The maximum atomic E-state index is 11.3. The Morgan fingerprint density at radius 1 is 1.35 bits per heavy atom. The molecule has 0 fully saturated rings. The van der Waals surface area contributed by atoms with Crippen molar-refractivity contribution in [2.75, 3.05) is 0 Å². The van der Waals surface area contributed by atoms with Crippen LogP contribution in [0.15, 0.2) is 21.3 Å². The number of hydrogen-bond donors (Lipinski definition) is 1.